The van der Waals surface area contributed by atoms with Gasteiger partial charge in [0.05, 0.1) is 12.7 Å². The van der Waals surface area contributed by atoms with Crippen LogP contribution in [0.15, 0.2) is 58.0 Å². The summed E-state index contributed by atoms with van der Waals surface area (Å²) >= 11 is 1.13. The number of rotatable bonds is 4. The first-order chi connectivity index (χ1) is 8.25. The number of hydrogen-bond acceptors (Lipinski definition) is 4. The lowest BCUT2D eigenvalue weighted by molar-refractivity contribution is -0.113. The van der Waals surface area contributed by atoms with Crippen molar-refractivity contribution in [2.45, 2.75) is 17.4 Å². The minimum absolute atomic E-state index is 0.0487. The molecule has 2 aromatic rings. The molecule has 1 aromatic heterocycles. The maximum atomic E-state index is 11.7. The molecule has 1 atom stereocenters. The lowest BCUT2D eigenvalue weighted by Gasteiger charge is -2.06. The first-order valence-corrected chi connectivity index (χ1v) is 6.04. The standard InChI is InChI=1S/C13H12O3S/c14-11(12-7-4-8-16-12)9-13(15)17-10-5-2-1-3-6-10/h1-8,11,14H,9H2. The number of hydrogen-bond donors (Lipinski definition) is 1. The Morgan fingerprint density at radius 1 is 1.24 bits per heavy atom. The third kappa shape index (κ3) is 3.47. The summed E-state index contributed by atoms with van der Waals surface area (Å²) in [5.74, 6) is 0.423. The number of thioether (sulfide) groups is 1. The summed E-state index contributed by atoms with van der Waals surface area (Å²) in [4.78, 5) is 12.6. The molecule has 1 aromatic carbocycles. The molecule has 4 heteroatoms. The monoisotopic (exact) mass is 248 g/mol. The van der Waals surface area contributed by atoms with Crippen LogP contribution in [0.4, 0.5) is 0 Å². The van der Waals surface area contributed by atoms with Crippen molar-refractivity contribution in [3.05, 3.63) is 54.5 Å². The lowest BCUT2D eigenvalue weighted by atomic mass is 10.2. The highest BCUT2D eigenvalue weighted by molar-refractivity contribution is 8.13. The van der Waals surface area contributed by atoms with Crippen LogP contribution in [0.1, 0.15) is 18.3 Å². The molecular formula is C13H12O3S. The van der Waals surface area contributed by atoms with Crippen LogP contribution in [0.2, 0.25) is 0 Å². The van der Waals surface area contributed by atoms with Gasteiger partial charge in [-0.2, -0.15) is 0 Å². The zero-order valence-electron chi connectivity index (χ0n) is 9.08. The number of carbonyl (C=O) groups is 1. The molecular weight excluding hydrogens is 236 g/mol. The first-order valence-electron chi connectivity index (χ1n) is 5.23. The van der Waals surface area contributed by atoms with Crippen LogP contribution >= 0.6 is 11.8 Å². The summed E-state index contributed by atoms with van der Waals surface area (Å²) in [6.07, 6.45) is 0.661. The molecule has 0 aliphatic carbocycles. The highest BCUT2D eigenvalue weighted by Crippen LogP contribution is 2.25. The highest BCUT2D eigenvalue weighted by atomic mass is 32.2. The maximum Gasteiger partial charge on any atom is 0.196 e. The molecule has 1 unspecified atom stereocenters. The average Bonchev–Trinajstić information content (AvgIpc) is 2.83. The van der Waals surface area contributed by atoms with E-state index in [1.54, 1.807) is 12.1 Å². The van der Waals surface area contributed by atoms with Crippen molar-refractivity contribution >= 4 is 16.9 Å². The van der Waals surface area contributed by atoms with Crippen molar-refractivity contribution in [2.24, 2.45) is 0 Å². The molecule has 3 nitrogen and oxygen atoms in total. The van der Waals surface area contributed by atoms with E-state index in [4.69, 9.17) is 4.42 Å². The van der Waals surface area contributed by atoms with Crippen molar-refractivity contribution < 1.29 is 14.3 Å². The van der Waals surface area contributed by atoms with Crippen LogP contribution in [-0.4, -0.2) is 10.2 Å². The number of aliphatic hydroxyl groups is 1. The topological polar surface area (TPSA) is 50.4 Å². The van der Waals surface area contributed by atoms with Crippen LogP contribution in [-0.2, 0) is 4.79 Å². The second kappa shape index (κ2) is 5.70. The Kier molecular flexibility index (Phi) is 4.01. The first kappa shape index (κ1) is 12.0. The highest BCUT2D eigenvalue weighted by Gasteiger charge is 2.16. The van der Waals surface area contributed by atoms with Crippen LogP contribution in [0.3, 0.4) is 0 Å². The molecule has 17 heavy (non-hydrogen) atoms. The molecule has 1 heterocycles. The molecule has 0 bridgehead atoms. The summed E-state index contributed by atoms with van der Waals surface area (Å²) in [7, 11) is 0. The van der Waals surface area contributed by atoms with Gasteiger partial charge in [-0.3, -0.25) is 4.79 Å². The molecule has 0 saturated carbocycles. The molecule has 0 aliphatic heterocycles. The second-order valence-corrected chi connectivity index (χ2v) is 4.65. The van der Waals surface area contributed by atoms with Gasteiger partial charge in [-0.25, -0.2) is 0 Å². The Hall–Kier alpha value is -1.52. The summed E-state index contributed by atoms with van der Waals surface area (Å²) in [6.45, 7) is 0. The molecule has 0 radical (unpaired) electrons. The number of aliphatic hydroxyl groups excluding tert-OH is 1. The van der Waals surface area contributed by atoms with E-state index in [2.05, 4.69) is 0 Å². The van der Waals surface area contributed by atoms with Gasteiger partial charge in [0.1, 0.15) is 11.9 Å². The fraction of sp³-hybridized carbons (Fsp3) is 0.154. The van der Waals surface area contributed by atoms with E-state index in [1.807, 2.05) is 30.3 Å². The van der Waals surface area contributed by atoms with Crippen LogP contribution in [0.5, 0.6) is 0 Å². The van der Waals surface area contributed by atoms with Crippen LogP contribution in [0.25, 0.3) is 0 Å². The number of carbonyl (C=O) groups excluding carboxylic acids is 1. The SMILES string of the molecule is O=C(CC(O)c1ccco1)Sc1ccccc1. The summed E-state index contributed by atoms with van der Waals surface area (Å²) in [6, 6.07) is 12.7. The maximum absolute atomic E-state index is 11.7. The Balaban J connectivity index is 1.90. The molecule has 1 N–H and O–H groups in total. The normalized spacial score (nSPS) is 12.3. The molecule has 0 aliphatic rings. The fourth-order valence-corrected chi connectivity index (χ4v) is 2.20. The molecule has 0 amide bonds. The largest absolute Gasteiger partial charge is 0.467 e. The lowest BCUT2D eigenvalue weighted by Crippen LogP contribution is -2.02. The zero-order chi connectivity index (χ0) is 12.1. The van der Waals surface area contributed by atoms with Crippen molar-refractivity contribution in [2.75, 3.05) is 0 Å². The van der Waals surface area contributed by atoms with Gasteiger partial charge in [-0.1, -0.05) is 30.0 Å². The van der Waals surface area contributed by atoms with Gasteiger partial charge < -0.3 is 9.52 Å². The Labute approximate surface area is 103 Å². The van der Waals surface area contributed by atoms with Crippen molar-refractivity contribution in [3.8, 4) is 0 Å². The quantitative estimate of drug-likeness (QED) is 0.845. The minimum atomic E-state index is -0.867. The smallest absolute Gasteiger partial charge is 0.196 e. The van der Waals surface area contributed by atoms with Gasteiger partial charge in [-0.15, -0.1) is 0 Å². The van der Waals surface area contributed by atoms with E-state index in [9.17, 15) is 9.90 Å². The summed E-state index contributed by atoms with van der Waals surface area (Å²) < 4.78 is 5.03. The number of benzene rings is 1. The third-order valence-electron chi connectivity index (χ3n) is 2.21. The average molecular weight is 248 g/mol. The van der Waals surface area contributed by atoms with Gasteiger partial charge in [-0.05, 0) is 24.3 Å². The molecule has 0 saturated heterocycles. The van der Waals surface area contributed by atoms with Crippen LogP contribution in [0, 0.1) is 0 Å². The van der Waals surface area contributed by atoms with Gasteiger partial charge in [0.25, 0.3) is 0 Å². The van der Waals surface area contributed by atoms with Crippen molar-refractivity contribution in [3.63, 3.8) is 0 Å². The molecule has 0 fully saturated rings. The van der Waals surface area contributed by atoms with E-state index < -0.39 is 6.10 Å². The Morgan fingerprint density at radius 3 is 2.65 bits per heavy atom. The molecule has 2 rings (SSSR count). The third-order valence-corrected chi connectivity index (χ3v) is 3.11. The van der Waals surface area contributed by atoms with E-state index in [1.165, 1.54) is 6.26 Å². The second-order valence-electron chi connectivity index (χ2n) is 3.52. The molecule has 0 spiro atoms. The Morgan fingerprint density at radius 2 is 2.00 bits per heavy atom. The van der Waals surface area contributed by atoms with Crippen molar-refractivity contribution in [1.29, 1.82) is 0 Å². The number of furan rings is 1. The van der Waals surface area contributed by atoms with E-state index in [0.29, 0.717) is 5.76 Å². The fourth-order valence-electron chi connectivity index (χ4n) is 1.40. The Bertz CT molecular complexity index is 465. The predicted molar refractivity (Wildman–Crippen MR) is 65.6 cm³/mol. The van der Waals surface area contributed by atoms with E-state index >= 15 is 0 Å². The zero-order valence-corrected chi connectivity index (χ0v) is 9.89. The van der Waals surface area contributed by atoms with Crippen molar-refractivity contribution in [1.82, 2.24) is 0 Å². The predicted octanol–water partition coefficient (Wildman–Crippen LogP) is 3.02. The van der Waals surface area contributed by atoms with Gasteiger partial charge >= 0.3 is 0 Å². The summed E-state index contributed by atoms with van der Waals surface area (Å²) in [5.41, 5.74) is 0. The van der Waals surface area contributed by atoms with Crippen LogP contribution < -0.4 is 0 Å². The van der Waals surface area contributed by atoms with E-state index in [0.717, 1.165) is 16.7 Å². The summed E-state index contributed by atoms with van der Waals surface area (Å²) in [5, 5.41) is 9.65. The van der Waals surface area contributed by atoms with Gasteiger partial charge in [0.2, 0.25) is 0 Å². The van der Waals surface area contributed by atoms with E-state index in [-0.39, 0.29) is 11.5 Å². The van der Waals surface area contributed by atoms with Gasteiger partial charge in [0, 0.05) is 4.90 Å². The molecule has 88 valence electrons. The minimum Gasteiger partial charge on any atom is -0.467 e. The van der Waals surface area contributed by atoms with Gasteiger partial charge in [0.15, 0.2) is 5.12 Å².